The second kappa shape index (κ2) is 9.60. The van der Waals surface area contributed by atoms with Gasteiger partial charge in [0, 0.05) is 23.4 Å². The molecule has 0 radical (unpaired) electrons. The molecule has 0 bridgehead atoms. The first kappa shape index (κ1) is 24.9. The van der Waals surface area contributed by atoms with Crippen molar-refractivity contribution in [2.24, 2.45) is 4.99 Å². The van der Waals surface area contributed by atoms with Crippen molar-refractivity contribution in [3.05, 3.63) is 118 Å². The molecule has 2 N–H and O–H groups in total. The molecule has 3 heterocycles. The molecule has 2 aromatic heterocycles. The zero-order chi connectivity index (χ0) is 27.1. The van der Waals surface area contributed by atoms with Crippen LogP contribution in [0.3, 0.4) is 0 Å². The number of non-ortho nitro benzene ring substituents is 1. The molecule has 5 rings (SSSR count). The number of aromatic nitrogens is 1. The van der Waals surface area contributed by atoms with Gasteiger partial charge in [-0.1, -0.05) is 29.5 Å². The quantitative estimate of drug-likeness (QED) is 0.298. The highest BCUT2D eigenvalue weighted by atomic mass is 32.1. The lowest BCUT2D eigenvalue weighted by Gasteiger charge is -2.23. The molecule has 0 aliphatic carbocycles. The Balaban J connectivity index is 1.68. The van der Waals surface area contributed by atoms with Gasteiger partial charge < -0.3 is 14.8 Å². The van der Waals surface area contributed by atoms with E-state index < -0.39 is 22.4 Å². The fourth-order valence-corrected chi connectivity index (χ4v) is 5.33. The topological polar surface area (TPSA) is 140 Å². The summed E-state index contributed by atoms with van der Waals surface area (Å²) in [4.78, 5) is 42.8. The second-order valence-corrected chi connectivity index (χ2v) is 9.81. The summed E-state index contributed by atoms with van der Waals surface area (Å²) in [5.41, 5.74) is 1.58. The van der Waals surface area contributed by atoms with E-state index in [1.165, 1.54) is 28.8 Å². The molecule has 1 unspecified atom stereocenters. The Kier molecular flexibility index (Phi) is 6.29. The number of anilines is 1. The molecule has 192 valence electrons. The Morgan fingerprint density at radius 2 is 1.95 bits per heavy atom. The lowest BCUT2D eigenvalue weighted by molar-refractivity contribution is -0.384. The van der Waals surface area contributed by atoms with E-state index in [9.17, 15) is 24.8 Å². The van der Waals surface area contributed by atoms with E-state index >= 15 is 0 Å². The summed E-state index contributed by atoms with van der Waals surface area (Å²) < 4.78 is 7.45. The summed E-state index contributed by atoms with van der Waals surface area (Å²) in [5.74, 6) is 0.355. The van der Waals surface area contributed by atoms with E-state index in [-0.39, 0.29) is 27.1 Å². The first-order valence-electron chi connectivity index (χ1n) is 11.6. The number of fused-ring (bicyclic) bond motifs is 1. The van der Waals surface area contributed by atoms with Crippen LogP contribution < -0.4 is 20.2 Å². The highest BCUT2D eigenvalue weighted by Gasteiger charge is 2.34. The van der Waals surface area contributed by atoms with Crippen LogP contribution in [0, 0.1) is 24.0 Å². The number of benzene rings is 2. The maximum absolute atomic E-state index is 13.7. The number of aryl methyl sites for hydroxylation is 2. The van der Waals surface area contributed by atoms with Crippen molar-refractivity contribution in [2.75, 3.05) is 5.32 Å². The van der Waals surface area contributed by atoms with Crippen LogP contribution in [-0.2, 0) is 4.79 Å². The third-order valence-electron chi connectivity index (χ3n) is 6.20. The monoisotopic (exact) mass is 530 g/mol. The summed E-state index contributed by atoms with van der Waals surface area (Å²) in [6.45, 7) is 5.34. The molecule has 38 heavy (non-hydrogen) atoms. The number of aromatic hydroxyl groups is 1. The lowest BCUT2D eigenvalue weighted by atomic mass is 10.00. The molecule has 0 saturated heterocycles. The zero-order valence-corrected chi connectivity index (χ0v) is 21.4. The fraction of sp³-hybridized carbons (Fsp3) is 0.148. The van der Waals surface area contributed by atoms with Crippen molar-refractivity contribution in [3.8, 4) is 5.75 Å². The van der Waals surface area contributed by atoms with Crippen LogP contribution in [0.2, 0.25) is 0 Å². The predicted molar refractivity (Wildman–Crippen MR) is 142 cm³/mol. The molecule has 0 saturated carbocycles. The fourth-order valence-electron chi connectivity index (χ4n) is 4.30. The molecule has 1 amide bonds. The number of phenols is 1. The molecule has 1 aliphatic rings. The molecule has 2 aromatic carbocycles. The van der Waals surface area contributed by atoms with Crippen LogP contribution >= 0.6 is 11.3 Å². The second-order valence-electron chi connectivity index (χ2n) is 8.80. The van der Waals surface area contributed by atoms with Crippen LogP contribution in [-0.4, -0.2) is 20.5 Å². The number of amides is 1. The summed E-state index contributed by atoms with van der Waals surface area (Å²) in [7, 11) is 0. The van der Waals surface area contributed by atoms with Crippen molar-refractivity contribution >= 4 is 34.7 Å². The molecule has 0 fully saturated rings. The van der Waals surface area contributed by atoms with Crippen molar-refractivity contribution < 1.29 is 19.2 Å². The highest BCUT2D eigenvalue weighted by molar-refractivity contribution is 7.07. The Hall–Kier alpha value is -4.77. The summed E-state index contributed by atoms with van der Waals surface area (Å²) >= 11 is 1.05. The van der Waals surface area contributed by atoms with Gasteiger partial charge in [-0.3, -0.25) is 24.3 Å². The van der Waals surface area contributed by atoms with Gasteiger partial charge >= 0.3 is 0 Å². The molecule has 10 nitrogen and oxygen atoms in total. The number of furan rings is 1. The molecular formula is C27H22N4O6S. The van der Waals surface area contributed by atoms with E-state index in [1.54, 1.807) is 32.0 Å². The minimum atomic E-state index is -0.898. The van der Waals surface area contributed by atoms with E-state index in [1.807, 2.05) is 25.1 Å². The Morgan fingerprint density at radius 3 is 2.63 bits per heavy atom. The van der Waals surface area contributed by atoms with Crippen molar-refractivity contribution in [3.63, 3.8) is 0 Å². The number of carbonyl (C=O) groups excluding carboxylic acids is 1. The number of nitrogens with zero attached hydrogens (tertiary/aromatic N) is 3. The van der Waals surface area contributed by atoms with Gasteiger partial charge in [0.25, 0.3) is 17.2 Å². The summed E-state index contributed by atoms with van der Waals surface area (Å²) in [6.07, 6.45) is 1.38. The largest absolute Gasteiger partial charge is 0.507 e. The number of thiazole rings is 1. The average molecular weight is 531 g/mol. The number of carbonyl (C=O) groups is 1. The molecule has 0 spiro atoms. The molecule has 1 aliphatic heterocycles. The Bertz CT molecular complexity index is 1830. The SMILES string of the molecule is CC1=C(C(=O)Nc2ccccc2C)C(c2ccc(C)o2)n2c(sc(=Cc3cc([N+](=O)[O-])ccc3O)c2=O)=N1. The highest BCUT2D eigenvalue weighted by Crippen LogP contribution is 2.32. The van der Waals surface area contributed by atoms with Crippen LogP contribution in [0.4, 0.5) is 11.4 Å². The van der Waals surface area contributed by atoms with Crippen LogP contribution in [0.1, 0.15) is 35.6 Å². The molecule has 11 heteroatoms. The number of hydrogen-bond acceptors (Lipinski definition) is 8. The van der Waals surface area contributed by atoms with Gasteiger partial charge in [0.05, 0.1) is 20.7 Å². The number of rotatable bonds is 5. The van der Waals surface area contributed by atoms with E-state index in [4.69, 9.17) is 4.42 Å². The third kappa shape index (κ3) is 4.43. The number of nitro groups is 1. The maximum Gasteiger partial charge on any atom is 0.271 e. The van der Waals surface area contributed by atoms with Crippen molar-refractivity contribution in [2.45, 2.75) is 26.8 Å². The minimum Gasteiger partial charge on any atom is -0.507 e. The van der Waals surface area contributed by atoms with Gasteiger partial charge in [-0.25, -0.2) is 4.99 Å². The van der Waals surface area contributed by atoms with Gasteiger partial charge in [-0.2, -0.15) is 0 Å². The normalized spacial score (nSPS) is 15.2. The number of allylic oxidation sites excluding steroid dienone is 1. The number of nitrogens with one attached hydrogen (secondary N) is 1. The standard InChI is InChI=1S/C27H22N4O6S/c1-14-6-4-5-7-19(14)29-25(33)23-16(3)28-27-30(24(23)21-11-8-15(2)37-21)26(34)22(38-27)13-17-12-18(31(35)36)9-10-20(17)32/h4-13,24,32H,1-3H3,(H,29,33). The van der Waals surface area contributed by atoms with Crippen LogP contribution in [0.25, 0.3) is 6.08 Å². The predicted octanol–water partition coefficient (Wildman–Crippen LogP) is 3.70. The molecule has 1 atom stereocenters. The first-order chi connectivity index (χ1) is 18.1. The number of nitro benzene ring substituents is 1. The van der Waals surface area contributed by atoms with E-state index in [0.29, 0.717) is 27.7 Å². The molecule has 4 aromatic rings. The average Bonchev–Trinajstić information content (AvgIpc) is 3.43. The third-order valence-corrected chi connectivity index (χ3v) is 7.18. The number of para-hydroxylation sites is 1. The van der Waals surface area contributed by atoms with Crippen LogP contribution in [0.5, 0.6) is 5.75 Å². The Labute approximate surface area is 219 Å². The summed E-state index contributed by atoms with van der Waals surface area (Å²) in [6, 6.07) is 13.5. The van der Waals surface area contributed by atoms with Gasteiger partial charge in [0.1, 0.15) is 23.3 Å². The van der Waals surface area contributed by atoms with E-state index in [2.05, 4.69) is 10.3 Å². The van der Waals surface area contributed by atoms with Gasteiger partial charge in [-0.05, 0) is 56.7 Å². The summed E-state index contributed by atoms with van der Waals surface area (Å²) in [5, 5.41) is 24.4. The van der Waals surface area contributed by atoms with Gasteiger partial charge in [0.2, 0.25) is 0 Å². The van der Waals surface area contributed by atoms with Crippen molar-refractivity contribution in [1.82, 2.24) is 4.57 Å². The van der Waals surface area contributed by atoms with Crippen LogP contribution in [0.15, 0.2) is 80.1 Å². The lowest BCUT2D eigenvalue weighted by Crippen LogP contribution is -2.40. The smallest absolute Gasteiger partial charge is 0.271 e. The van der Waals surface area contributed by atoms with Gasteiger partial charge in [0.15, 0.2) is 4.80 Å². The van der Waals surface area contributed by atoms with Gasteiger partial charge in [-0.15, -0.1) is 0 Å². The number of hydrogen-bond donors (Lipinski definition) is 2. The minimum absolute atomic E-state index is 0.114. The van der Waals surface area contributed by atoms with Crippen molar-refractivity contribution in [1.29, 1.82) is 0 Å². The first-order valence-corrected chi connectivity index (χ1v) is 12.4. The number of phenolic OH excluding ortho intramolecular Hbond substituents is 1. The Morgan fingerprint density at radius 1 is 1.18 bits per heavy atom. The van der Waals surface area contributed by atoms with E-state index in [0.717, 1.165) is 16.9 Å². The zero-order valence-electron chi connectivity index (χ0n) is 20.6. The molecular weight excluding hydrogens is 508 g/mol. The maximum atomic E-state index is 13.7.